The molecule has 0 heterocycles. The van der Waals surface area contributed by atoms with Crippen LogP contribution in [-0.4, -0.2) is 35.1 Å². The third-order valence-electron chi connectivity index (χ3n) is 2.73. The predicted molar refractivity (Wildman–Crippen MR) is 74.0 cm³/mol. The molecule has 104 valence electrons. The number of carbonyl (C=O) groups is 1. The Hall–Kier alpha value is -1.68. The number of aliphatic hydroxyl groups is 1. The van der Waals surface area contributed by atoms with E-state index >= 15 is 0 Å². The lowest BCUT2D eigenvalue weighted by molar-refractivity contribution is -0.127. The van der Waals surface area contributed by atoms with E-state index in [1.807, 2.05) is 13.8 Å². The van der Waals surface area contributed by atoms with E-state index in [-0.39, 0.29) is 24.4 Å². The lowest BCUT2D eigenvalue weighted by Crippen LogP contribution is -2.36. The Morgan fingerprint density at radius 1 is 1.47 bits per heavy atom. The number of amides is 1. The molecule has 0 fully saturated rings. The molecule has 19 heavy (non-hydrogen) atoms. The Bertz CT molecular complexity index is 444. The molecule has 1 aromatic carbocycles. The van der Waals surface area contributed by atoms with Crippen molar-refractivity contribution in [3.05, 3.63) is 41.7 Å². The molecule has 0 bridgehead atoms. The van der Waals surface area contributed by atoms with Gasteiger partial charge in [0.2, 0.25) is 5.91 Å². The predicted octanol–water partition coefficient (Wildman–Crippen LogP) is 2.46. The maximum Gasteiger partial charge on any atom is 0.246 e. The van der Waals surface area contributed by atoms with Gasteiger partial charge >= 0.3 is 0 Å². The lowest BCUT2D eigenvalue weighted by atomic mass is 10.2. The van der Waals surface area contributed by atoms with Crippen LogP contribution in [0.4, 0.5) is 4.39 Å². The van der Waals surface area contributed by atoms with Crippen molar-refractivity contribution in [2.45, 2.75) is 26.3 Å². The molecule has 0 aliphatic carbocycles. The minimum absolute atomic E-state index is 0.0596. The summed E-state index contributed by atoms with van der Waals surface area (Å²) in [5, 5.41) is 8.82. The van der Waals surface area contributed by atoms with E-state index in [0.29, 0.717) is 18.5 Å². The molecule has 0 atom stereocenters. The maximum absolute atomic E-state index is 13.0. The molecule has 0 aliphatic heterocycles. The van der Waals surface area contributed by atoms with Gasteiger partial charge in [-0.05, 0) is 44.0 Å². The molecule has 1 amide bonds. The molecule has 0 saturated carbocycles. The van der Waals surface area contributed by atoms with Crippen molar-refractivity contribution in [1.82, 2.24) is 4.90 Å². The van der Waals surface area contributed by atoms with E-state index in [4.69, 9.17) is 5.11 Å². The van der Waals surface area contributed by atoms with Crippen molar-refractivity contribution in [2.75, 3.05) is 13.2 Å². The number of aliphatic hydroxyl groups excluding tert-OH is 1. The number of hydrogen-bond donors (Lipinski definition) is 1. The van der Waals surface area contributed by atoms with Crippen LogP contribution < -0.4 is 0 Å². The SMILES string of the molecule is CC(C)N(CCCO)C(=O)/C=C/c1cccc(F)c1. The van der Waals surface area contributed by atoms with Crippen molar-refractivity contribution < 1.29 is 14.3 Å². The molecule has 1 aromatic rings. The van der Waals surface area contributed by atoms with Crippen LogP contribution in [0, 0.1) is 5.82 Å². The van der Waals surface area contributed by atoms with E-state index < -0.39 is 0 Å². The van der Waals surface area contributed by atoms with E-state index in [9.17, 15) is 9.18 Å². The smallest absolute Gasteiger partial charge is 0.246 e. The molecule has 1 N–H and O–H groups in total. The monoisotopic (exact) mass is 265 g/mol. The zero-order valence-electron chi connectivity index (χ0n) is 11.3. The average molecular weight is 265 g/mol. The van der Waals surface area contributed by atoms with Gasteiger partial charge < -0.3 is 10.0 Å². The first-order valence-electron chi connectivity index (χ1n) is 6.39. The van der Waals surface area contributed by atoms with Crippen LogP contribution in [0.2, 0.25) is 0 Å². The Labute approximate surface area is 113 Å². The largest absolute Gasteiger partial charge is 0.396 e. The molecular formula is C15H20FNO2. The van der Waals surface area contributed by atoms with Crippen molar-refractivity contribution in [2.24, 2.45) is 0 Å². The van der Waals surface area contributed by atoms with Crippen molar-refractivity contribution in [3.8, 4) is 0 Å². The van der Waals surface area contributed by atoms with Crippen LogP contribution in [0.3, 0.4) is 0 Å². The van der Waals surface area contributed by atoms with Gasteiger partial charge in [-0.1, -0.05) is 12.1 Å². The Morgan fingerprint density at radius 2 is 2.21 bits per heavy atom. The van der Waals surface area contributed by atoms with Gasteiger partial charge in [0, 0.05) is 25.3 Å². The highest BCUT2D eigenvalue weighted by molar-refractivity contribution is 5.91. The second-order valence-electron chi connectivity index (χ2n) is 4.59. The fraction of sp³-hybridized carbons (Fsp3) is 0.400. The van der Waals surface area contributed by atoms with E-state index in [1.54, 1.807) is 23.1 Å². The first kappa shape index (κ1) is 15.4. The van der Waals surface area contributed by atoms with Crippen LogP contribution in [0.5, 0.6) is 0 Å². The van der Waals surface area contributed by atoms with E-state index in [1.165, 1.54) is 18.2 Å². The van der Waals surface area contributed by atoms with Crippen LogP contribution in [0.15, 0.2) is 30.3 Å². The topological polar surface area (TPSA) is 40.5 Å². The minimum Gasteiger partial charge on any atom is -0.396 e. The van der Waals surface area contributed by atoms with E-state index in [0.717, 1.165) is 0 Å². The lowest BCUT2D eigenvalue weighted by Gasteiger charge is -2.25. The summed E-state index contributed by atoms with van der Waals surface area (Å²) in [6, 6.07) is 6.14. The average Bonchev–Trinajstić information content (AvgIpc) is 2.36. The summed E-state index contributed by atoms with van der Waals surface area (Å²) in [6.07, 6.45) is 3.59. The van der Waals surface area contributed by atoms with Gasteiger partial charge in [-0.3, -0.25) is 4.79 Å². The standard InChI is InChI=1S/C15H20FNO2/c1-12(2)17(9-4-10-18)15(19)8-7-13-5-3-6-14(16)11-13/h3,5-8,11-12,18H,4,9-10H2,1-2H3/b8-7+. The first-order chi connectivity index (χ1) is 9.04. The summed E-state index contributed by atoms with van der Waals surface area (Å²) in [5.41, 5.74) is 0.652. The van der Waals surface area contributed by atoms with Crippen LogP contribution >= 0.6 is 0 Å². The first-order valence-corrected chi connectivity index (χ1v) is 6.39. The number of nitrogens with zero attached hydrogens (tertiary/aromatic N) is 1. The summed E-state index contributed by atoms with van der Waals surface area (Å²) in [7, 11) is 0. The summed E-state index contributed by atoms with van der Waals surface area (Å²) >= 11 is 0. The third kappa shape index (κ3) is 5.22. The van der Waals surface area contributed by atoms with Crippen LogP contribution in [0.25, 0.3) is 6.08 Å². The molecule has 0 aliphatic rings. The van der Waals surface area contributed by atoms with Gasteiger partial charge in [-0.25, -0.2) is 4.39 Å². The van der Waals surface area contributed by atoms with Gasteiger partial charge in [-0.15, -0.1) is 0 Å². The molecule has 3 nitrogen and oxygen atoms in total. The summed E-state index contributed by atoms with van der Waals surface area (Å²) in [4.78, 5) is 13.7. The molecule has 0 aromatic heterocycles. The minimum atomic E-state index is -0.324. The Kier molecular flexibility index (Phi) is 6.22. The van der Waals surface area contributed by atoms with Gasteiger partial charge in [0.15, 0.2) is 0 Å². The molecular weight excluding hydrogens is 245 g/mol. The highest BCUT2D eigenvalue weighted by atomic mass is 19.1. The van der Waals surface area contributed by atoms with Crippen molar-refractivity contribution in [3.63, 3.8) is 0 Å². The zero-order valence-corrected chi connectivity index (χ0v) is 11.3. The number of benzene rings is 1. The maximum atomic E-state index is 13.0. The quantitative estimate of drug-likeness (QED) is 0.803. The van der Waals surface area contributed by atoms with Gasteiger partial charge in [-0.2, -0.15) is 0 Å². The number of rotatable bonds is 6. The van der Waals surface area contributed by atoms with Crippen LogP contribution in [-0.2, 0) is 4.79 Å². The highest BCUT2D eigenvalue weighted by Crippen LogP contribution is 2.07. The summed E-state index contributed by atoms with van der Waals surface area (Å²) in [5.74, 6) is -0.455. The summed E-state index contributed by atoms with van der Waals surface area (Å²) in [6.45, 7) is 4.42. The number of carbonyl (C=O) groups excluding carboxylic acids is 1. The fourth-order valence-electron chi connectivity index (χ4n) is 1.74. The number of halogens is 1. The third-order valence-corrected chi connectivity index (χ3v) is 2.73. The normalized spacial score (nSPS) is 11.2. The zero-order chi connectivity index (χ0) is 14.3. The van der Waals surface area contributed by atoms with Gasteiger partial charge in [0.1, 0.15) is 5.82 Å². The molecule has 0 saturated heterocycles. The second kappa shape index (κ2) is 7.69. The molecule has 0 spiro atoms. The van der Waals surface area contributed by atoms with Crippen molar-refractivity contribution >= 4 is 12.0 Å². The number of hydrogen-bond acceptors (Lipinski definition) is 2. The van der Waals surface area contributed by atoms with Gasteiger partial charge in [0.25, 0.3) is 0 Å². The molecule has 0 radical (unpaired) electrons. The second-order valence-corrected chi connectivity index (χ2v) is 4.59. The van der Waals surface area contributed by atoms with E-state index in [2.05, 4.69) is 0 Å². The molecule has 0 unspecified atom stereocenters. The Morgan fingerprint density at radius 3 is 2.79 bits per heavy atom. The summed E-state index contributed by atoms with van der Waals surface area (Å²) < 4.78 is 13.0. The Balaban J connectivity index is 2.70. The fourth-order valence-corrected chi connectivity index (χ4v) is 1.74. The van der Waals surface area contributed by atoms with Crippen LogP contribution in [0.1, 0.15) is 25.8 Å². The molecule has 1 rings (SSSR count). The highest BCUT2D eigenvalue weighted by Gasteiger charge is 2.13. The molecule has 4 heteroatoms. The van der Waals surface area contributed by atoms with Gasteiger partial charge in [0.05, 0.1) is 0 Å². The van der Waals surface area contributed by atoms with Crippen molar-refractivity contribution in [1.29, 1.82) is 0 Å².